The van der Waals surface area contributed by atoms with Crippen molar-refractivity contribution >= 4 is 34.1 Å². The molecule has 2 heterocycles. The van der Waals surface area contributed by atoms with Crippen LogP contribution >= 0.6 is 11.3 Å². The molecule has 3 aromatic carbocycles. The zero-order valence-corrected chi connectivity index (χ0v) is 25.1. The molecule has 212 valence electrons. The maximum atomic E-state index is 14.2. The van der Waals surface area contributed by atoms with Crippen LogP contribution in [-0.2, 0) is 4.79 Å². The van der Waals surface area contributed by atoms with Crippen LogP contribution in [0.15, 0.2) is 81.7 Å². The minimum atomic E-state index is -0.670. The SMILES string of the molecule is CCN(CC)C(=O)C1=C(C)N=c2s/c(=C\c3ccc(OC(C)C)c4ccccc34)c(=O)n2C1c1ccccc1OC. The van der Waals surface area contributed by atoms with Gasteiger partial charge in [0.2, 0.25) is 0 Å². The van der Waals surface area contributed by atoms with Gasteiger partial charge >= 0.3 is 0 Å². The molecule has 4 aromatic rings. The first kappa shape index (κ1) is 28.4. The van der Waals surface area contributed by atoms with E-state index < -0.39 is 6.04 Å². The third kappa shape index (κ3) is 5.20. The van der Waals surface area contributed by atoms with Gasteiger partial charge in [-0.3, -0.25) is 14.2 Å². The highest BCUT2D eigenvalue weighted by Gasteiger charge is 2.35. The van der Waals surface area contributed by atoms with Gasteiger partial charge in [0.25, 0.3) is 11.5 Å². The van der Waals surface area contributed by atoms with Gasteiger partial charge in [-0.1, -0.05) is 59.9 Å². The van der Waals surface area contributed by atoms with Gasteiger partial charge in [0, 0.05) is 24.0 Å². The lowest BCUT2D eigenvalue weighted by Gasteiger charge is -2.29. The first-order valence-electron chi connectivity index (χ1n) is 13.9. The Labute approximate surface area is 243 Å². The van der Waals surface area contributed by atoms with Crippen molar-refractivity contribution in [3.05, 3.63) is 103 Å². The van der Waals surface area contributed by atoms with Gasteiger partial charge in [-0.05, 0) is 63.8 Å². The van der Waals surface area contributed by atoms with E-state index in [9.17, 15) is 9.59 Å². The Hall–Kier alpha value is -4.17. The average molecular weight is 570 g/mol. The number of rotatable bonds is 8. The predicted octanol–water partition coefficient (Wildman–Crippen LogP) is 5.05. The first-order chi connectivity index (χ1) is 19.8. The van der Waals surface area contributed by atoms with E-state index in [0.29, 0.717) is 39.4 Å². The maximum absolute atomic E-state index is 14.2. The molecule has 1 amide bonds. The number of carbonyl (C=O) groups is 1. The molecule has 0 radical (unpaired) electrons. The molecule has 7 nitrogen and oxygen atoms in total. The Balaban J connectivity index is 1.75. The van der Waals surface area contributed by atoms with E-state index in [-0.39, 0.29) is 17.6 Å². The Morgan fingerprint density at radius 3 is 2.39 bits per heavy atom. The molecular formula is C33H35N3O4S. The zero-order valence-electron chi connectivity index (χ0n) is 24.3. The van der Waals surface area contributed by atoms with Crippen LogP contribution in [0.5, 0.6) is 11.5 Å². The number of allylic oxidation sites excluding steroid dienone is 1. The monoisotopic (exact) mass is 569 g/mol. The minimum absolute atomic E-state index is 0.0411. The van der Waals surface area contributed by atoms with Crippen LogP contribution in [0, 0.1) is 0 Å². The van der Waals surface area contributed by atoms with Gasteiger partial charge in [-0.2, -0.15) is 0 Å². The number of thiazole rings is 1. The summed E-state index contributed by atoms with van der Waals surface area (Å²) in [6, 6.07) is 18.8. The summed E-state index contributed by atoms with van der Waals surface area (Å²) in [4.78, 5) is 35.2. The average Bonchev–Trinajstić information content (AvgIpc) is 3.27. The standard InChI is InChI=1S/C33H35N3O4S/c1-7-35(8-2)32(38)29-21(5)34-33-36(30(29)25-15-11-12-16-26(25)39-6)31(37)28(41-33)19-22-17-18-27(40-20(3)4)24-14-10-9-13-23(22)24/h9-20,30H,7-8H2,1-6H3/b28-19-. The number of hydrogen-bond acceptors (Lipinski definition) is 6. The summed E-state index contributed by atoms with van der Waals surface area (Å²) in [6.45, 7) is 10.9. The molecule has 1 aliphatic rings. The van der Waals surface area contributed by atoms with Gasteiger partial charge in [0.1, 0.15) is 17.5 Å². The fourth-order valence-electron chi connectivity index (χ4n) is 5.38. The summed E-state index contributed by atoms with van der Waals surface area (Å²) >= 11 is 1.33. The molecule has 1 aromatic heterocycles. The number of amides is 1. The summed E-state index contributed by atoms with van der Waals surface area (Å²) < 4.78 is 13.9. The van der Waals surface area contributed by atoms with Crippen LogP contribution in [0.2, 0.25) is 0 Å². The fourth-order valence-corrected chi connectivity index (χ4v) is 6.42. The minimum Gasteiger partial charge on any atom is -0.496 e. The van der Waals surface area contributed by atoms with E-state index >= 15 is 0 Å². The molecule has 0 fully saturated rings. The maximum Gasteiger partial charge on any atom is 0.271 e. The normalized spacial score (nSPS) is 15.2. The number of methoxy groups -OCH3 is 1. The smallest absolute Gasteiger partial charge is 0.271 e. The molecule has 1 unspecified atom stereocenters. The molecule has 5 rings (SSSR count). The van der Waals surface area contributed by atoms with Gasteiger partial charge in [-0.25, -0.2) is 4.99 Å². The van der Waals surface area contributed by atoms with Crippen molar-refractivity contribution in [2.75, 3.05) is 20.2 Å². The number of likely N-dealkylation sites (N-methyl/N-ethyl adjacent to an activating group) is 1. The highest BCUT2D eigenvalue weighted by atomic mass is 32.1. The van der Waals surface area contributed by atoms with Gasteiger partial charge in [-0.15, -0.1) is 0 Å². The number of hydrogen-bond donors (Lipinski definition) is 0. The van der Waals surface area contributed by atoms with Gasteiger partial charge < -0.3 is 14.4 Å². The van der Waals surface area contributed by atoms with Crippen LogP contribution in [0.3, 0.4) is 0 Å². The number of carbonyl (C=O) groups excluding carboxylic acids is 1. The first-order valence-corrected chi connectivity index (χ1v) is 14.7. The van der Waals surface area contributed by atoms with Gasteiger partial charge in [0.15, 0.2) is 4.80 Å². The van der Waals surface area contributed by atoms with E-state index in [4.69, 9.17) is 14.5 Å². The molecule has 0 aliphatic carbocycles. The second-order valence-corrected chi connectivity index (χ2v) is 11.2. The van der Waals surface area contributed by atoms with E-state index in [1.165, 1.54) is 11.3 Å². The number of fused-ring (bicyclic) bond motifs is 2. The molecule has 0 spiro atoms. The second kappa shape index (κ2) is 11.7. The van der Waals surface area contributed by atoms with E-state index in [2.05, 4.69) is 0 Å². The summed E-state index contributed by atoms with van der Waals surface area (Å²) in [5.41, 5.74) is 2.54. The van der Waals surface area contributed by atoms with Crippen LogP contribution in [0.25, 0.3) is 16.8 Å². The summed E-state index contributed by atoms with van der Waals surface area (Å²) in [5, 5.41) is 1.98. The number of benzene rings is 3. The van der Waals surface area contributed by atoms with Crippen molar-refractivity contribution in [3.63, 3.8) is 0 Å². The predicted molar refractivity (Wildman–Crippen MR) is 164 cm³/mol. The topological polar surface area (TPSA) is 73.1 Å². The van der Waals surface area contributed by atoms with E-state index in [1.807, 2.05) is 101 Å². The molecule has 1 aliphatic heterocycles. The Morgan fingerprint density at radius 1 is 1.02 bits per heavy atom. The Bertz CT molecular complexity index is 1830. The molecule has 1 atom stereocenters. The summed E-state index contributed by atoms with van der Waals surface area (Å²) in [5.74, 6) is 1.28. The zero-order chi connectivity index (χ0) is 29.3. The van der Waals surface area contributed by atoms with Crippen molar-refractivity contribution in [1.82, 2.24) is 9.47 Å². The van der Waals surface area contributed by atoms with Crippen molar-refractivity contribution in [2.45, 2.75) is 46.8 Å². The largest absolute Gasteiger partial charge is 0.496 e. The van der Waals surface area contributed by atoms with Gasteiger partial charge in [0.05, 0.1) is 29.0 Å². The Morgan fingerprint density at radius 2 is 1.71 bits per heavy atom. The van der Waals surface area contributed by atoms with Crippen molar-refractivity contribution in [2.24, 2.45) is 4.99 Å². The quantitative estimate of drug-likeness (QED) is 0.298. The molecule has 0 saturated heterocycles. The van der Waals surface area contributed by atoms with E-state index in [1.54, 1.807) is 16.6 Å². The lowest BCUT2D eigenvalue weighted by molar-refractivity contribution is -0.127. The molecule has 0 bridgehead atoms. The van der Waals surface area contributed by atoms with Crippen molar-refractivity contribution < 1.29 is 14.3 Å². The number of aromatic nitrogens is 1. The number of nitrogens with zero attached hydrogens (tertiary/aromatic N) is 3. The highest BCUT2D eigenvalue weighted by molar-refractivity contribution is 7.07. The summed E-state index contributed by atoms with van der Waals surface area (Å²) in [7, 11) is 1.60. The van der Waals surface area contributed by atoms with Crippen LogP contribution < -0.4 is 24.4 Å². The fraction of sp³-hybridized carbons (Fsp3) is 0.303. The Kier molecular flexibility index (Phi) is 8.13. The van der Waals surface area contributed by atoms with E-state index in [0.717, 1.165) is 27.6 Å². The number of ether oxygens (including phenoxy) is 2. The van der Waals surface area contributed by atoms with Crippen molar-refractivity contribution in [3.8, 4) is 11.5 Å². The summed E-state index contributed by atoms with van der Waals surface area (Å²) in [6.07, 6.45) is 1.95. The molecule has 0 N–H and O–H groups in total. The number of para-hydroxylation sites is 1. The van der Waals surface area contributed by atoms with Crippen LogP contribution in [0.4, 0.5) is 0 Å². The lowest BCUT2D eigenvalue weighted by atomic mass is 9.94. The molecule has 0 saturated carbocycles. The third-order valence-electron chi connectivity index (χ3n) is 7.30. The lowest BCUT2D eigenvalue weighted by Crippen LogP contribution is -2.43. The molecular weight excluding hydrogens is 534 g/mol. The second-order valence-electron chi connectivity index (χ2n) is 10.2. The third-order valence-corrected chi connectivity index (χ3v) is 8.29. The molecule has 8 heteroatoms. The van der Waals surface area contributed by atoms with Crippen LogP contribution in [0.1, 0.15) is 51.8 Å². The van der Waals surface area contributed by atoms with Crippen LogP contribution in [-0.4, -0.2) is 41.7 Å². The molecule has 41 heavy (non-hydrogen) atoms. The van der Waals surface area contributed by atoms with Crippen molar-refractivity contribution in [1.29, 1.82) is 0 Å². The highest BCUT2D eigenvalue weighted by Crippen LogP contribution is 2.36.